The minimum Gasteiger partial charge on any atom is -0.461 e. The predicted molar refractivity (Wildman–Crippen MR) is 86.7 cm³/mol. The lowest BCUT2D eigenvalue weighted by Gasteiger charge is -2.17. The number of rotatable bonds is 5. The number of halogens is 1. The molecule has 0 atom stereocenters. The smallest absolute Gasteiger partial charge is 0.357 e. The quantitative estimate of drug-likeness (QED) is 0.825. The summed E-state index contributed by atoms with van der Waals surface area (Å²) in [6, 6.07) is 7.80. The Bertz CT molecular complexity index is 657. The zero-order chi connectivity index (χ0) is 16.3. The molecule has 0 saturated heterocycles. The van der Waals surface area contributed by atoms with E-state index < -0.39 is 11.6 Å². The van der Waals surface area contributed by atoms with Crippen molar-refractivity contribution in [2.45, 2.75) is 32.9 Å². The highest BCUT2D eigenvalue weighted by Crippen LogP contribution is 2.24. The van der Waals surface area contributed by atoms with Gasteiger partial charge in [-0.25, -0.2) is 9.78 Å². The van der Waals surface area contributed by atoms with Crippen LogP contribution < -0.4 is 0 Å². The van der Waals surface area contributed by atoms with Gasteiger partial charge in [-0.3, -0.25) is 0 Å². The molecule has 22 heavy (non-hydrogen) atoms. The standard InChI is InChI=1S/C16H19BrN2O3/c1-4-22-15(20)13-14(16(2,3)21)18-10-19(13)9-11-5-7-12(17)8-6-11/h5-8,10,21H,4,9H2,1-3H3. The third kappa shape index (κ3) is 3.75. The number of carbonyl (C=O) groups is 1. The van der Waals surface area contributed by atoms with Crippen LogP contribution in [0.25, 0.3) is 0 Å². The van der Waals surface area contributed by atoms with Gasteiger partial charge in [0.25, 0.3) is 0 Å². The molecular weight excluding hydrogens is 348 g/mol. The highest BCUT2D eigenvalue weighted by atomic mass is 79.9. The molecule has 0 saturated carbocycles. The molecule has 0 aliphatic heterocycles. The molecule has 0 spiro atoms. The third-order valence-electron chi connectivity index (χ3n) is 3.15. The Morgan fingerprint density at radius 3 is 2.55 bits per heavy atom. The van der Waals surface area contributed by atoms with Crippen molar-refractivity contribution in [3.63, 3.8) is 0 Å². The summed E-state index contributed by atoms with van der Waals surface area (Å²) in [6.45, 7) is 5.69. The average molecular weight is 367 g/mol. The van der Waals surface area contributed by atoms with E-state index in [4.69, 9.17) is 4.74 Å². The van der Waals surface area contributed by atoms with Gasteiger partial charge in [-0.15, -0.1) is 0 Å². The van der Waals surface area contributed by atoms with E-state index in [0.29, 0.717) is 12.2 Å². The topological polar surface area (TPSA) is 64.3 Å². The summed E-state index contributed by atoms with van der Waals surface area (Å²) in [7, 11) is 0. The van der Waals surface area contributed by atoms with E-state index in [1.807, 2.05) is 24.3 Å². The summed E-state index contributed by atoms with van der Waals surface area (Å²) in [5.41, 5.74) is 0.418. The van der Waals surface area contributed by atoms with Gasteiger partial charge in [-0.2, -0.15) is 0 Å². The monoisotopic (exact) mass is 366 g/mol. The number of hydrogen-bond donors (Lipinski definition) is 1. The first kappa shape index (κ1) is 16.7. The molecule has 0 bridgehead atoms. The lowest BCUT2D eigenvalue weighted by molar-refractivity contribution is 0.0469. The number of nitrogens with zero attached hydrogens (tertiary/aromatic N) is 2. The number of carbonyl (C=O) groups excluding carboxylic acids is 1. The second-order valence-electron chi connectivity index (χ2n) is 5.48. The molecule has 1 aromatic heterocycles. The van der Waals surface area contributed by atoms with Crippen molar-refractivity contribution < 1.29 is 14.6 Å². The maximum atomic E-state index is 12.2. The van der Waals surface area contributed by atoms with Gasteiger partial charge < -0.3 is 14.4 Å². The van der Waals surface area contributed by atoms with Crippen LogP contribution in [0.5, 0.6) is 0 Å². The van der Waals surface area contributed by atoms with E-state index in [1.54, 1.807) is 31.7 Å². The van der Waals surface area contributed by atoms with Crippen molar-refractivity contribution in [3.8, 4) is 0 Å². The average Bonchev–Trinajstić information content (AvgIpc) is 2.85. The van der Waals surface area contributed by atoms with Gasteiger partial charge in [-0.1, -0.05) is 28.1 Å². The second kappa shape index (κ2) is 6.62. The van der Waals surface area contributed by atoms with Crippen molar-refractivity contribution in [1.82, 2.24) is 9.55 Å². The third-order valence-corrected chi connectivity index (χ3v) is 3.68. The molecule has 1 N–H and O–H groups in total. The number of aliphatic hydroxyl groups is 1. The fourth-order valence-electron chi connectivity index (χ4n) is 2.15. The maximum Gasteiger partial charge on any atom is 0.357 e. The number of ether oxygens (including phenoxy) is 1. The van der Waals surface area contributed by atoms with Gasteiger partial charge in [-0.05, 0) is 38.5 Å². The number of hydrogen-bond acceptors (Lipinski definition) is 4. The van der Waals surface area contributed by atoms with Gasteiger partial charge in [0.2, 0.25) is 0 Å². The van der Waals surface area contributed by atoms with E-state index in [1.165, 1.54) is 0 Å². The van der Waals surface area contributed by atoms with Gasteiger partial charge in [0, 0.05) is 11.0 Å². The number of imidazole rings is 1. The molecule has 2 aromatic rings. The number of benzene rings is 1. The minimum absolute atomic E-state index is 0.271. The highest BCUT2D eigenvalue weighted by Gasteiger charge is 2.29. The fourth-order valence-corrected chi connectivity index (χ4v) is 2.41. The first-order valence-corrected chi connectivity index (χ1v) is 7.81. The molecule has 0 unspecified atom stereocenters. The summed E-state index contributed by atoms with van der Waals surface area (Å²) in [5.74, 6) is -0.478. The summed E-state index contributed by atoms with van der Waals surface area (Å²) >= 11 is 3.39. The molecule has 0 aliphatic carbocycles. The van der Waals surface area contributed by atoms with Crippen LogP contribution in [0.1, 0.15) is 42.5 Å². The molecule has 0 radical (unpaired) electrons. The number of esters is 1. The maximum absolute atomic E-state index is 12.2. The molecule has 5 nitrogen and oxygen atoms in total. The van der Waals surface area contributed by atoms with Crippen molar-refractivity contribution >= 4 is 21.9 Å². The van der Waals surface area contributed by atoms with Crippen molar-refractivity contribution in [3.05, 3.63) is 52.0 Å². The van der Waals surface area contributed by atoms with E-state index in [2.05, 4.69) is 20.9 Å². The highest BCUT2D eigenvalue weighted by molar-refractivity contribution is 9.10. The Morgan fingerprint density at radius 1 is 1.36 bits per heavy atom. The van der Waals surface area contributed by atoms with Gasteiger partial charge >= 0.3 is 5.97 Å². The van der Waals surface area contributed by atoms with Crippen LogP contribution in [0.2, 0.25) is 0 Å². The van der Waals surface area contributed by atoms with Crippen LogP contribution in [0.15, 0.2) is 35.1 Å². The van der Waals surface area contributed by atoms with Crippen LogP contribution >= 0.6 is 15.9 Å². The van der Waals surface area contributed by atoms with E-state index >= 15 is 0 Å². The van der Waals surface area contributed by atoms with Crippen LogP contribution in [0.3, 0.4) is 0 Å². The summed E-state index contributed by atoms with van der Waals surface area (Å²) in [5, 5.41) is 10.2. The molecule has 0 amide bonds. The van der Waals surface area contributed by atoms with E-state index in [0.717, 1.165) is 10.0 Å². The SMILES string of the molecule is CCOC(=O)c1c(C(C)(C)O)ncn1Cc1ccc(Br)cc1. The molecule has 2 rings (SSSR count). The fraction of sp³-hybridized carbons (Fsp3) is 0.375. The van der Waals surface area contributed by atoms with Crippen molar-refractivity contribution in [2.75, 3.05) is 6.61 Å². The molecule has 0 aliphatic rings. The largest absolute Gasteiger partial charge is 0.461 e. The van der Waals surface area contributed by atoms with Gasteiger partial charge in [0.05, 0.1) is 12.9 Å². The molecule has 6 heteroatoms. The number of aromatic nitrogens is 2. The van der Waals surface area contributed by atoms with Gasteiger partial charge in [0.15, 0.2) is 5.69 Å². The zero-order valence-corrected chi connectivity index (χ0v) is 14.4. The Labute approximate surface area is 138 Å². The van der Waals surface area contributed by atoms with Crippen molar-refractivity contribution in [2.24, 2.45) is 0 Å². The molecular formula is C16H19BrN2O3. The summed E-state index contributed by atoms with van der Waals surface area (Å²) in [6.07, 6.45) is 1.56. The van der Waals surface area contributed by atoms with Crippen LogP contribution in [0.4, 0.5) is 0 Å². The molecule has 118 valence electrons. The minimum atomic E-state index is -1.22. The second-order valence-corrected chi connectivity index (χ2v) is 6.39. The Balaban J connectivity index is 2.40. The van der Waals surface area contributed by atoms with Gasteiger partial charge in [0.1, 0.15) is 11.3 Å². The Hall–Kier alpha value is -1.66. The first-order chi connectivity index (χ1) is 10.3. The van der Waals surface area contributed by atoms with E-state index in [9.17, 15) is 9.90 Å². The lowest BCUT2D eigenvalue weighted by atomic mass is 10.0. The van der Waals surface area contributed by atoms with E-state index in [-0.39, 0.29) is 12.3 Å². The molecule has 1 aromatic carbocycles. The zero-order valence-electron chi connectivity index (χ0n) is 12.8. The predicted octanol–water partition coefficient (Wildman–Crippen LogP) is 3.10. The lowest BCUT2D eigenvalue weighted by Crippen LogP contribution is -2.23. The summed E-state index contributed by atoms with van der Waals surface area (Å²) in [4.78, 5) is 16.4. The normalized spacial score (nSPS) is 11.5. The summed E-state index contributed by atoms with van der Waals surface area (Å²) < 4.78 is 7.79. The van der Waals surface area contributed by atoms with Crippen LogP contribution in [-0.4, -0.2) is 27.2 Å². The van der Waals surface area contributed by atoms with Crippen LogP contribution in [-0.2, 0) is 16.9 Å². The Kier molecular flexibility index (Phi) is 5.03. The van der Waals surface area contributed by atoms with Crippen molar-refractivity contribution in [1.29, 1.82) is 0 Å². The van der Waals surface area contributed by atoms with Crippen LogP contribution in [0, 0.1) is 0 Å². The molecule has 1 heterocycles. The Morgan fingerprint density at radius 2 is 2.00 bits per heavy atom. The molecule has 0 fully saturated rings. The first-order valence-electron chi connectivity index (χ1n) is 7.02.